The van der Waals surface area contributed by atoms with Gasteiger partial charge in [0, 0.05) is 13.5 Å². The standard InChI is InChI=1S/C7H14O5/c1-11-6-2-4(9)7(10)5(3-8)12-6/h4-10H,2-3H2,1H3/t4-,5-,6+,7+/m1/s1. The first-order valence-electron chi connectivity index (χ1n) is 3.84. The lowest BCUT2D eigenvalue weighted by atomic mass is 10.0. The van der Waals surface area contributed by atoms with E-state index < -0.39 is 24.6 Å². The van der Waals surface area contributed by atoms with E-state index in [-0.39, 0.29) is 13.0 Å². The van der Waals surface area contributed by atoms with E-state index in [0.29, 0.717) is 0 Å². The summed E-state index contributed by atoms with van der Waals surface area (Å²) in [6.45, 7) is -0.321. The normalized spacial score (nSPS) is 43.0. The summed E-state index contributed by atoms with van der Waals surface area (Å²) in [4.78, 5) is 0. The van der Waals surface area contributed by atoms with Crippen LogP contribution in [0.2, 0.25) is 0 Å². The van der Waals surface area contributed by atoms with Crippen molar-refractivity contribution in [1.82, 2.24) is 0 Å². The molecule has 0 radical (unpaired) electrons. The molecule has 1 fully saturated rings. The molecule has 0 spiro atoms. The molecule has 0 amide bonds. The molecule has 0 aromatic heterocycles. The minimum Gasteiger partial charge on any atom is -0.394 e. The first-order valence-corrected chi connectivity index (χ1v) is 3.84. The van der Waals surface area contributed by atoms with E-state index in [1.54, 1.807) is 0 Å². The van der Waals surface area contributed by atoms with Crippen molar-refractivity contribution in [2.24, 2.45) is 0 Å². The van der Waals surface area contributed by atoms with Gasteiger partial charge in [-0.1, -0.05) is 0 Å². The van der Waals surface area contributed by atoms with Gasteiger partial charge in [0.15, 0.2) is 6.29 Å². The third-order valence-corrected chi connectivity index (χ3v) is 1.98. The molecule has 72 valence electrons. The van der Waals surface area contributed by atoms with Crippen LogP contribution in [0.15, 0.2) is 0 Å². The van der Waals surface area contributed by atoms with Gasteiger partial charge in [0.1, 0.15) is 12.2 Å². The fraction of sp³-hybridized carbons (Fsp3) is 1.00. The molecule has 0 saturated carbocycles. The Bertz CT molecular complexity index is 140. The van der Waals surface area contributed by atoms with Crippen molar-refractivity contribution >= 4 is 0 Å². The van der Waals surface area contributed by atoms with Crippen molar-refractivity contribution < 1.29 is 24.8 Å². The second kappa shape index (κ2) is 4.15. The second-order valence-electron chi connectivity index (χ2n) is 2.82. The third-order valence-electron chi connectivity index (χ3n) is 1.98. The Balaban J connectivity index is 2.52. The average molecular weight is 178 g/mol. The molecule has 0 aromatic carbocycles. The summed E-state index contributed by atoms with van der Waals surface area (Å²) in [7, 11) is 1.45. The smallest absolute Gasteiger partial charge is 0.160 e. The molecule has 4 atom stereocenters. The van der Waals surface area contributed by atoms with Crippen LogP contribution in [0.25, 0.3) is 0 Å². The van der Waals surface area contributed by atoms with E-state index in [4.69, 9.17) is 14.6 Å². The minimum atomic E-state index is -1.03. The van der Waals surface area contributed by atoms with E-state index in [9.17, 15) is 10.2 Å². The quantitative estimate of drug-likeness (QED) is 0.477. The first-order chi connectivity index (χ1) is 5.69. The van der Waals surface area contributed by atoms with Gasteiger partial charge in [0.2, 0.25) is 0 Å². The van der Waals surface area contributed by atoms with Gasteiger partial charge in [-0.15, -0.1) is 0 Å². The van der Waals surface area contributed by atoms with Gasteiger partial charge in [-0.3, -0.25) is 0 Å². The van der Waals surface area contributed by atoms with Crippen LogP contribution < -0.4 is 0 Å². The number of rotatable bonds is 2. The number of aliphatic hydroxyl groups is 3. The summed E-state index contributed by atoms with van der Waals surface area (Å²) in [5, 5.41) is 27.3. The van der Waals surface area contributed by atoms with Crippen molar-refractivity contribution in [2.45, 2.75) is 31.0 Å². The van der Waals surface area contributed by atoms with Crippen LogP contribution in [-0.2, 0) is 9.47 Å². The first kappa shape index (κ1) is 9.88. The maximum atomic E-state index is 9.26. The van der Waals surface area contributed by atoms with Crippen molar-refractivity contribution in [1.29, 1.82) is 0 Å². The largest absolute Gasteiger partial charge is 0.394 e. The van der Waals surface area contributed by atoms with Gasteiger partial charge in [0.25, 0.3) is 0 Å². The highest BCUT2D eigenvalue weighted by molar-refractivity contribution is 4.81. The highest BCUT2D eigenvalue weighted by Crippen LogP contribution is 2.20. The van der Waals surface area contributed by atoms with Crippen molar-refractivity contribution in [3.8, 4) is 0 Å². The molecule has 3 N–H and O–H groups in total. The summed E-state index contributed by atoms with van der Waals surface area (Å²) < 4.78 is 9.92. The van der Waals surface area contributed by atoms with E-state index in [1.165, 1.54) is 7.11 Å². The van der Waals surface area contributed by atoms with Crippen LogP contribution in [0.3, 0.4) is 0 Å². The van der Waals surface area contributed by atoms with Crippen LogP contribution in [0.5, 0.6) is 0 Å². The van der Waals surface area contributed by atoms with E-state index >= 15 is 0 Å². The molecule has 5 heteroatoms. The highest BCUT2D eigenvalue weighted by atomic mass is 16.7. The fourth-order valence-corrected chi connectivity index (χ4v) is 1.22. The molecule has 5 nitrogen and oxygen atoms in total. The van der Waals surface area contributed by atoms with Crippen molar-refractivity contribution in [3.63, 3.8) is 0 Å². The van der Waals surface area contributed by atoms with Crippen LogP contribution >= 0.6 is 0 Å². The number of hydrogen-bond acceptors (Lipinski definition) is 5. The Hall–Kier alpha value is -0.200. The van der Waals surface area contributed by atoms with Crippen LogP contribution in [0.1, 0.15) is 6.42 Å². The van der Waals surface area contributed by atoms with Gasteiger partial charge < -0.3 is 24.8 Å². The molecule has 0 bridgehead atoms. The predicted molar refractivity (Wildman–Crippen MR) is 39.4 cm³/mol. The monoisotopic (exact) mass is 178 g/mol. The molecular weight excluding hydrogens is 164 g/mol. The molecule has 0 unspecified atom stereocenters. The fourth-order valence-electron chi connectivity index (χ4n) is 1.22. The lowest BCUT2D eigenvalue weighted by Gasteiger charge is -2.35. The second-order valence-corrected chi connectivity index (χ2v) is 2.82. The summed E-state index contributed by atoms with van der Waals surface area (Å²) >= 11 is 0. The van der Waals surface area contributed by atoms with Gasteiger partial charge in [-0.05, 0) is 0 Å². The third kappa shape index (κ3) is 1.94. The predicted octanol–water partition coefficient (Wildman–Crippen LogP) is -1.54. The molecule has 1 heterocycles. The zero-order valence-corrected chi connectivity index (χ0v) is 6.88. The lowest BCUT2D eigenvalue weighted by Crippen LogP contribution is -2.50. The molecule has 0 aliphatic carbocycles. The van der Waals surface area contributed by atoms with Crippen LogP contribution in [-0.4, -0.2) is 53.6 Å². The molecule has 12 heavy (non-hydrogen) atoms. The topological polar surface area (TPSA) is 79.2 Å². The maximum Gasteiger partial charge on any atom is 0.160 e. The van der Waals surface area contributed by atoms with Gasteiger partial charge in [0.05, 0.1) is 12.7 Å². The van der Waals surface area contributed by atoms with Gasteiger partial charge >= 0.3 is 0 Å². The zero-order valence-electron chi connectivity index (χ0n) is 6.88. The summed E-state index contributed by atoms with van der Waals surface area (Å²) in [5.41, 5.74) is 0. The summed E-state index contributed by atoms with van der Waals surface area (Å²) in [6, 6.07) is 0. The van der Waals surface area contributed by atoms with Crippen LogP contribution in [0.4, 0.5) is 0 Å². The number of aliphatic hydroxyl groups excluding tert-OH is 3. The van der Waals surface area contributed by atoms with Crippen molar-refractivity contribution in [3.05, 3.63) is 0 Å². The Morgan fingerprint density at radius 3 is 2.67 bits per heavy atom. The Labute approximate surface area is 70.5 Å². The Kier molecular flexibility index (Phi) is 3.42. The SMILES string of the molecule is CO[C@@H]1C[C@@H](O)[C@H](O)[C@@H](CO)O1. The van der Waals surface area contributed by atoms with Gasteiger partial charge in [-0.2, -0.15) is 0 Å². The molecular formula is C7H14O5. The molecule has 1 rings (SSSR count). The molecule has 1 saturated heterocycles. The molecule has 1 aliphatic rings. The Morgan fingerprint density at radius 2 is 2.17 bits per heavy atom. The Morgan fingerprint density at radius 1 is 1.50 bits per heavy atom. The van der Waals surface area contributed by atoms with E-state index in [1.807, 2.05) is 0 Å². The number of methoxy groups -OCH3 is 1. The summed E-state index contributed by atoms with van der Waals surface area (Å²) in [6.07, 6.45) is -2.98. The van der Waals surface area contributed by atoms with Crippen molar-refractivity contribution in [2.75, 3.05) is 13.7 Å². The summed E-state index contributed by atoms with van der Waals surface area (Å²) in [5.74, 6) is 0. The zero-order chi connectivity index (χ0) is 9.14. The van der Waals surface area contributed by atoms with E-state index in [2.05, 4.69) is 0 Å². The molecule has 0 aromatic rings. The number of ether oxygens (including phenoxy) is 2. The lowest BCUT2D eigenvalue weighted by molar-refractivity contribution is -0.248. The van der Waals surface area contributed by atoms with Gasteiger partial charge in [-0.25, -0.2) is 0 Å². The van der Waals surface area contributed by atoms with E-state index in [0.717, 1.165) is 0 Å². The number of hydrogen-bond donors (Lipinski definition) is 3. The maximum absolute atomic E-state index is 9.26. The average Bonchev–Trinajstić information content (AvgIpc) is 2.09. The highest BCUT2D eigenvalue weighted by Gasteiger charge is 2.36. The van der Waals surface area contributed by atoms with Crippen LogP contribution in [0, 0.1) is 0 Å². The molecule has 1 aliphatic heterocycles. The minimum absolute atomic E-state index is 0.230.